The van der Waals surface area contributed by atoms with E-state index in [0.717, 1.165) is 24.4 Å². The summed E-state index contributed by atoms with van der Waals surface area (Å²) >= 11 is 6.08. The molecule has 0 aromatic carbocycles. The quantitative estimate of drug-likeness (QED) is 0.822. The number of nitrogens with two attached hydrogens (primary N) is 1. The van der Waals surface area contributed by atoms with Crippen molar-refractivity contribution in [3.05, 3.63) is 16.4 Å². The number of carbonyl (C=O) groups excluding carboxylic acids is 1. The van der Waals surface area contributed by atoms with Crippen LogP contribution in [-0.2, 0) is 11.3 Å². The molecule has 0 saturated heterocycles. The third-order valence-corrected chi connectivity index (χ3v) is 3.98. The molecule has 18 heavy (non-hydrogen) atoms. The van der Waals surface area contributed by atoms with E-state index in [1.54, 1.807) is 7.05 Å². The third kappa shape index (κ3) is 3.03. The monoisotopic (exact) mass is 272 g/mol. The van der Waals surface area contributed by atoms with Gasteiger partial charge in [0.05, 0.1) is 21.9 Å². The van der Waals surface area contributed by atoms with E-state index in [4.69, 9.17) is 17.3 Å². The number of carbonyl (C=O) groups is 1. The lowest BCUT2D eigenvalue weighted by atomic mass is 9.95. The fourth-order valence-corrected chi connectivity index (χ4v) is 1.98. The van der Waals surface area contributed by atoms with E-state index in [1.165, 1.54) is 0 Å². The van der Waals surface area contributed by atoms with Gasteiger partial charge in [-0.2, -0.15) is 5.10 Å². The van der Waals surface area contributed by atoms with Crippen molar-refractivity contribution >= 4 is 17.5 Å². The highest BCUT2D eigenvalue weighted by Gasteiger charge is 2.28. The fourth-order valence-electron chi connectivity index (χ4n) is 1.85. The van der Waals surface area contributed by atoms with Gasteiger partial charge in [-0.05, 0) is 40.7 Å². The highest BCUT2D eigenvalue weighted by Crippen LogP contribution is 2.20. The van der Waals surface area contributed by atoms with Gasteiger partial charge in [-0.3, -0.25) is 9.48 Å². The Morgan fingerprint density at radius 3 is 2.56 bits per heavy atom. The molecule has 0 radical (unpaired) electrons. The molecule has 1 atom stereocenters. The van der Waals surface area contributed by atoms with Crippen LogP contribution in [0.25, 0.3) is 0 Å². The van der Waals surface area contributed by atoms with Gasteiger partial charge >= 0.3 is 0 Å². The van der Waals surface area contributed by atoms with Crippen molar-refractivity contribution in [1.82, 2.24) is 15.1 Å². The smallest absolute Gasteiger partial charge is 0.237 e. The largest absolute Gasteiger partial charge is 0.368 e. The van der Waals surface area contributed by atoms with E-state index in [2.05, 4.69) is 10.4 Å². The molecular formula is C12H21ClN4O. The zero-order valence-electron chi connectivity index (χ0n) is 11.4. The van der Waals surface area contributed by atoms with E-state index >= 15 is 0 Å². The summed E-state index contributed by atoms with van der Waals surface area (Å²) in [5, 5.41) is 8.02. The number of aromatic nitrogens is 2. The maximum Gasteiger partial charge on any atom is 0.237 e. The molecule has 0 aliphatic rings. The second-order valence-corrected chi connectivity index (χ2v) is 5.14. The molecule has 0 aliphatic carbocycles. The first-order chi connectivity index (χ1) is 8.31. The molecule has 1 aromatic rings. The first-order valence-electron chi connectivity index (χ1n) is 6.00. The predicted molar refractivity (Wildman–Crippen MR) is 72.6 cm³/mol. The van der Waals surface area contributed by atoms with E-state index in [1.807, 2.05) is 25.5 Å². The molecule has 0 bridgehead atoms. The number of likely N-dealkylation sites (N-methyl/N-ethyl adjacent to an activating group) is 1. The van der Waals surface area contributed by atoms with Crippen molar-refractivity contribution in [2.24, 2.45) is 5.73 Å². The SMILES string of the molecule is CNC(C)(CCCn1nc(C)c(Cl)c1C)C(N)=O. The normalized spacial score (nSPS) is 14.5. The molecular weight excluding hydrogens is 252 g/mol. The maximum absolute atomic E-state index is 11.3. The molecule has 0 fully saturated rings. The van der Waals surface area contributed by atoms with Gasteiger partial charge < -0.3 is 11.1 Å². The summed E-state index contributed by atoms with van der Waals surface area (Å²) in [4.78, 5) is 11.3. The molecule has 5 nitrogen and oxygen atoms in total. The zero-order chi connectivity index (χ0) is 13.9. The van der Waals surface area contributed by atoms with Crippen LogP contribution in [0.4, 0.5) is 0 Å². The Bertz CT molecular complexity index is 444. The summed E-state index contributed by atoms with van der Waals surface area (Å²) in [6.45, 7) is 6.36. The van der Waals surface area contributed by atoms with Gasteiger partial charge in [0.15, 0.2) is 0 Å². The number of nitrogens with one attached hydrogen (secondary N) is 1. The van der Waals surface area contributed by atoms with E-state index in [0.29, 0.717) is 11.4 Å². The van der Waals surface area contributed by atoms with Crippen molar-refractivity contribution in [1.29, 1.82) is 0 Å². The Balaban J connectivity index is 2.61. The molecule has 6 heteroatoms. The predicted octanol–water partition coefficient (Wildman–Crippen LogP) is 1.40. The number of aryl methyl sites for hydroxylation is 2. The van der Waals surface area contributed by atoms with Crippen LogP contribution in [0.5, 0.6) is 0 Å². The van der Waals surface area contributed by atoms with Crippen LogP contribution in [-0.4, -0.2) is 28.3 Å². The molecule has 1 heterocycles. The first-order valence-corrected chi connectivity index (χ1v) is 6.38. The number of nitrogens with zero attached hydrogens (tertiary/aromatic N) is 2. The average Bonchev–Trinajstić information content (AvgIpc) is 2.56. The molecule has 1 rings (SSSR count). The molecule has 0 aliphatic heterocycles. The van der Waals surface area contributed by atoms with Crippen LogP contribution in [0, 0.1) is 13.8 Å². The van der Waals surface area contributed by atoms with Crippen molar-refractivity contribution in [2.45, 2.75) is 45.7 Å². The third-order valence-electron chi connectivity index (χ3n) is 3.44. The van der Waals surface area contributed by atoms with Crippen molar-refractivity contribution < 1.29 is 4.79 Å². The minimum absolute atomic E-state index is 0.337. The second-order valence-electron chi connectivity index (χ2n) is 4.76. The first kappa shape index (κ1) is 15.0. The van der Waals surface area contributed by atoms with Gasteiger partial charge in [-0.15, -0.1) is 0 Å². The minimum atomic E-state index is -0.667. The van der Waals surface area contributed by atoms with Crippen LogP contribution in [0.2, 0.25) is 5.02 Å². The Labute approximate surface area is 113 Å². The Kier molecular flexibility index (Phi) is 4.76. The molecule has 1 amide bonds. The standard InChI is InChI=1S/C12H21ClN4O/c1-8-10(13)9(2)17(16-8)7-5-6-12(3,15-4)11(14)18/h15H,5-7H2,1-4H3,(H2,14,18). The average molecular weight is 273 g/mol. The molecule has 102 valence electrons. The van der Waals surface area contributed by atoms with E-state index in [-0.39, 0.29) is 5.91 Å². The summed E-state index contributed by atoms with van der Waals surface area (Å²) in [6, 6.07) is 0. The molecule has 3 N–H and O–H groups in total. The van der Waals surface area contributed by atoms with Gasteiger partial charge in [0.1, 0.15) is 0 Å². The zero-order valence-corrected chi connectivity index (χ0v) is 12.1. The van der Waals surface area contributed by atoms with Crippen LogP contribution >= 0.6 is 11.6 Å². The van der Waals surface area contributed by atoms with Crippen LogP contribution < -0.4 is 11.1 Å². The summed E-state index contributed by atoms with van der Waals surface area (Å²) < 4.78 is 1.87. The maximum atomic E-state index is 11.3. The Morgan fingerprint density at radius 2 is 2.17 bits per heavy atom. The van der Waals surface area contributed by atoms with Gasteiger partial charge in [-0.1, -0.05) is 11.6 Å². The van der Waals surface area contributed by atoms with Gasteiger partial charge in [0, 0.05) is 6.54 Å². The number of halogens is 1. The van der Waals surface area contributed by atoms with Gasteiger partial charge in [-0.25, -0.2) is 0 Å². The molecule has 0 saturated carbocycles. The number of rotatable bonds is 6. The topological polar surface area (TPSA) is 72.9 Å². The summed E-state index contributed by atoms with van der Waals surface area (Å²) in [6.07, 6.45) is 1.47. The van der Waals surface area contributed by atoms with Gasteiger partial charge in [0.25, 0.3) is 0 Å². The highest BCUT2D eigenvalue weighted by molar-refractivity contribution is 6.31. The molecule has 1 aromatic heterocycles. The fraction of sp³-hybridized carbons (Fsp3) is 0.667. The molecule has 1 unspecified atom stereocenters. The lowest BCUT2D eigenvalue weighted by Gasteiger charge is -2.25. The Morgan fingerprint density at radius 1 is 1.56 bits per heavy atom. The van der Waals surface area contributed by atoms with Crippen molar-refractivity contribution in [3.8, 4) is 0 Å². The van der Waals surface area contributed by atoms with Crippen LogP contribution in [0.1, 0.15) is 31.2 Å². The Hall–Kier alpha value is -1.07. The van der Waals surface area contributed by atoms with Crippen LogP contribution in [0.3, 0.4) is 0 Å². The summed E-state index contributed by atoms with van der Waals surface area (Å²) in [7, 11) is 1.74. The van der Waals surface area contributed by atoms with E-state index < -0.39 is 5.54 Å². The number of hydrogen-bond acceptors (Lipinski definition) is 3. The van der Waals surface area contributed by atoms with Gasteiger partial charge in [0.2, 0.25) is 5.91 Å². The lowest BCUT2D eigenvalue weighted by Crippen LogP contribution is -2.51. The van der Waals surface area contributed by atoms with Crippen LogP contribution in [0.15, 0.2) is 0 Å². The highest BCUT2D eigenvalue weighted by atomic mass is 35.5. The number of amides is 1. The second kappa shape index (κ2) is 5.71. The number of primary amides is 1. The van der Waals surface area contributed by atoms with Crippen molar-refractivity contribution in [3.63, 3.8) is 0 Å². The van der Waals surface area contributed by atoms with E-state index in [9.17, 15) is 4.79 Å². The summed E-state index contributed by atoms with van der Waals surface area (Å²) in [5.41, 5.74) is 6.50. The van der Waals surface area contributed by atoms with Crippen molar-refractivity contribution in [2.75, 3.05) is 7.05 Å². The number of hydrogen-bond donors (Lipinski definition) is 2. The minimum Gasteiger partial charge on any atom is -0.368 e. The molecule has 0 spiro atoms. The lowest BCUT2D eigenvalue weighted by molar-refractivity contribution is -0.123. The summed E-state index contributed by atoms with van der Waals surface area (Å²) in [5.74, 6) is -0.337.